The van der Waals surface area contributed by atoms with Gasteiger partial charge in [0.25, 0.3) is 5.91 Å². The molecule has 2 aliphatic heterocycles. The van der Waals surface area contributed by atoms with E-state index < -0.39 is 5.92 Å². The molecule has 0 spiro atoms. The molecule has 30 heavy (non-hydrogen) atoms. The number of likely N-dealkylation sites (N-methyl/N-ethyl adjacent to an activating group) is 1. The number of hydrogen-bond acceptors (Lipinski definition) is 4. The molecule has 0 radical (unpaired) electrons. The lowest BCUT2D eigenvalue weighted by Crippen LogP contribution is -2.54. The van der Waals surface area contributed by atoms with Crippen LogP contribution in [0.2, 0.25) is 5.02 Å². The molecular formula is C23H25ClN2O4. The minimum absolute atomic E-state index is 0.0474. The van der Waals surface area contributed by atoms with Crippen molar-refractivity contribution in [2.75, 3.05) is 32.7 Å². The Hall–Kier alpha value is -2.73. The molecule has 2 aliphatic rings. The predicted octanol–water partition coefficient (Wildman–Crippen LogP) is 4.11. The molecule has 4 rings (SSSR count). The van der Waals surface area contributed by atoms with E-state index in [1.54, 1.807) is 43.3 Å². The Labute approximate surface area is 181 Å². The summed E-state index contributed by atoms with van der Waals surface area (Å²) in [6.45, 7) is 0.658. The van der Waals surface area contributed by atoms with E-state index in [0.29, 0.717) is 34.2 Å². The van der Waals surface area contributed by atoms with Crippen molar-refractivity contribution >= 4 is 29.1 Å². The van der Waals surface area contributed by atoms with Gasteiger partial charge in [0.1, 0.15) is 0 Å². The maximum absolute atomic E-state index is 13.7. The number of amides is 2. The number of hydrogen-bond donors (Lipinski definition) is 0. The summed E-state index contributed by atoms with van der Waals surface area (Å²) < 4.78 is 10.9. The van der Waals surface area contributed by atoms with Gasteiger partial charge in [-0.1, -0.05) is 11.6 Å². The lowest BCUT2D eigenvalue weighted by molar-refractivity contribution is -0.121. The molecule has 7 heteroatoms. The molecule has 0 aliphatic carbocycles. The number of methoxy groups -OCH3 is 2. The molecule has 2 atom stereocenters. The average Bonchev–Trinajstić information content (AvgIpc) is 2.78. The topological polar surface area (TPSA) is 59.1 Å². The molecular weight excluding hydrogens is 404 g/mol. The Morgan fingerprint density at radius 2 is 1.77 bits per heavy atom. The number of ether oxygens (including phenoxy) is 2. The molecule has 0 bridgehead atoms. The van der Waals surface area contributed by atoms with E-state index in [0.717, 1.165) is 24.9 Å². The summed E-state index contributed by atoms with van der Waals surface area (Å²) in [5, 5.41) is 0.614. The van der Waals surface area contributed by atoms with E-state index in [9.17, 15) is 9.59 Å². The van der Waals surface area contributed by atoms with Gasteiger partial charge in [-0.3, -0.25) is 9.59 Å². The van der Waals surface area contributed by atoms with Crippen LogP contribution in [0, 0.1) is 0 Å². The third kappa shape index (κ3) is 3.39. The van der Waals surface area contributed by atoms with Crippen molar-refractivity contribution in [1.29, 1.82) is 0 Å². The zero-order valence-electron chi connectivity index (χ0n) is 17.4. The normalized spacial score (nSPS) is 20.3. The molecule has 0 aromatic heterocycles. The fourth-order valence-corrected chi connectivity index (χ4v) is 4.68. The highest BCUT2D eigenvalue weighted by atomic mass is 35.5. The Bertz CT molecular complexity index is 976. The smallest absolute Gasteiger partial charge is 0.254 e. The van der Waals surface area contributed by atoms with Crippen molar-refractivity contribution in [3.8, 4) is 11.5 Å². The van der Waals surface area contributed by atoms with E-state index in [2.05, 4.69) is 0 Å². The largest absolute Gasteiger partial charge is 0.493 e. The third-order valence-electron chi connectivity index (χ3n) is 6.13. The van der Waals surface area contributed by atoms with Crippen molar-refractivity contribution in [3.63, 3.8) is 0 Å². The maximum Gasteiger partial charge on any atom is 0.254 e. The highest BCUT2D eigenvalue weighted by molar-refractivity contribution is 6.30. The quantitative estimate of drug-likeness (QED) is 0.735. The second kappa shape index (κ2) is 8.19. The zero-order valence-corrected chi connectivity index (χ0v) is 18.1. The Balaban J connectivity index is 1.82. The molecule has 1 fully saturated rings. The van der Waals surface area contributed by atoms with Crippen LogP contribution in [-0.4, -0.2) is 50.6 Å². The number of carbonyl (C=O) groups excluding carboxylic acids is 2. The van der Waals surface area contributed by atoms with Crippen LogP contribution in [0.5, 0.6) is 11.5 Å². The first kappa shape index (κ1) is 20.5. The van der Waals surface area contributed by atoms with Crippen LogP contribution in [-0.2, 0) is 4.79 Å². The number of benzene rings is 2. The number of fused-ring (bicyclic) bond motifs is 2. The molecule has 6 nitrogen and oxygen atoms in total. The SMILES string of the molecule is COc1cc2c(cc1OC)[C@@H](C(=O)N(C)c1ccc(Cl)cc1)[C@@H]1CCCCN1C2=O. The molecule has 0 unspecified atom stereocenters. The molecule has 0 N–H and O–H groups in total. The van der Waals surface area contributed by atoms with Crippen molar-refractivity contribution < 1.29 is 19.1 Å². The van der Waals surface area contributed by atoms with Crippen LogP contribution in [0.25, 0.3) is 0 Å². The summed E-state index contributed by atoms with van der Waals surface area (Å²) in [4.78, 5) is 30.5. The zero-order chi connectivity index (χ0) is 21.4. The highest BCUT2D eigenvalue weighted by Crippen LogP contribution is 2.43. The summed E-state index contributed by atoms with van der Waals surface area (Å²) in [5.74, 6) is 0.417. The minimum atomic E-state index is -0.474. The molecule has 2 amide bonds. The fraction of sp³-hybridized carbons (Fsp3) is 0.391. The minimum Gasteiger partial charge on any atom is -0.493 e. The standard InChI is InChI=1S/C23H25ClN2O4/c1-25(15-9-7-14(24)8-10-15)23(28)21-16-12-19(29-2)20(30-3)13-17(16)22(27)26-11-5-4-6-18(21)26/h7-10,12-13,18,21H,4-6,11H2,1-3H3/t18-,21+/m0/s1. The van der Waals surface area contributed by atoms with Crippen LogP contribution in [0.3, 0.4) is 0 Å². The van der Waals surface area contributed by atoms with Gasteiger partial charge in [-0.05, 0) is 61.2 Å². The molecule has 2 aromatic carbocycles. The van der Waals surface area contributed by atoms with Crippen LogP contribution in [0.15, 0.2) is 36.4 Å². The van der Waals surface area contributed by atoms with E-state index in [1.165, 1.54) is 7.11 Å². The van der Waals surface area contributed by atoms with E-state index in [1.807, 2.05) is 17.0 Å². The number of halogens is 1. The summed E-state index contributed by atoms with van der Waals surface area (Å²) >= 11 is 6.01. The number of anilines is 1. The van der Waals surface area contributed by atoms with E-state index in [-0.39, 0.29) is 17.9 Å². The summed E-state index contributed by atoms with van der Waals surface area (Å²) in [6, 6.07) is 10.5. The molecule has 158 valence electrons. The Morgan fingerprint density at radius 3 is 2.43 bits per heavy atom. The van der Waals surface area contributed by atoms with Gasteiger partial charge in [0.2, 0.25) is 5.91 Å². The van der Waals surface area contributed by atoms with Gasteiger partial charge in [0, 0.05) is 35.9 Å². The van der Waals surface area contributed by atoms with Crippen LogP contribution in [0.1, 0.15) is 41.1 Å². The third-order valence-corrected chi connectivity index (χ3v) is 6.38. The number of piperidine rings is 1. The van der Waals surface area contributed by atoms with Crippen molar-refractivity contribution in [2.24, 2.45) is 0 Å². The molecule has 0 saturated carbocycles. The Morgan fingerprint density at radius 1 is 1.10 bits per heavy atom. The second-order valence-corrected chi connectivity index (χ2v) is 8.14. The van der Waals surface area contributed by atoms with Gasteiger partial charge >= 0.3 is 0 Å². The van der Waals surface area contributed by atoms with Crippen LogP contribution >= 0.6 is 11.6 Å². The first-order valence-corrected chi connectivity index (χ1v) is 10.4. The van der Waals surface area contributed by atoms with Gasteiger partial charge in [0.05, 0.1) is 20.1 Å². The van der Waals surface area contributed by atoms with Gasteiger partial charge in [-0.2, -0.15) is 0 Å². The van der Waals surface area contributed by atoms with Crippen LogP contribution in [0.4, 0.5) is 5.69 Å². The molecule has 2 aromatic rings. The summed E-state index contributed by atoms with van der Waals surface area (Å²) in [7, 11) is 4.85. The first-order chi connectivity index (χ1) is 14.5. The molecule has 1 saturated heterocycles. The van der Waals surface area contributed by atoms with Gasteiger partial charge < -0.3 is 19.3 Å². The van der Waals surface area contributed by atoms with E-state index in [4.69, 9.17) is 21.1 Å². The summed E-state index contributed by atoms with van der Waals surface area (Å²) in [5.41, 5.74) is 1.96. The monoisotopic (exact) mass is 428 g/mol. The lowest BCUT2D eigenvalue weighted by atomic mass is 9.78. The van der Waals surface area contributed by atoms with E-state index >= 15 is 0 Å². The predicted molar refractivity (Wildman–Crippen MR) is 116 cm³/mol. The van der Waals surface area contributed by atoms with Crippen LogP contribution < -0.4 is 14.4 Å². The first-order valence-electron chi connectivity index (χ1n) is 10.1. The summed E-state index contributed by atoms with van der Waals surface area (Å²) in [6.07, 6.45) is 2.73. The van der Waals surface area contributed by atoms with Crippen molar-refractivity contribution in [2.45, 2.75) is 31.2 Å². The van der Waals surface area contributed by atoms with Crippen molar-refractivity contribution in [1.82, 2.24) is 4.90 Å². The van der Waals surface area contributed by atoms with Gasteiger partial charge in [0.15, 0.2) is 11.5 Å². The highest BCUT2D eigenvalue weighted by Gasteiger charge is 2.45. The second-order valence-electron chi connectivity index (χ2n) is 7.71. The molecule has 2 heterocycles. The average molecular weight is 429 g/mol. The van der Waals surface area contributed by atoms with Gasteiger partial charge in [-0.15, -0.1) is 0 Å². The number of carbonyl (C=O) groups is 2. The number of nitrogens with zero attached hydrogens (tertiary/aromatic N) is 2. The van der Waals surface area contributed by atoms with Gasteiger partial charge in [-0.25, -0.2) is 0 Å². The number of rotatable bonds is 4. The fourth-order valence-electron chi connectivity index (χ4n) is 4.55. The maximum atomic E-state index is 13.7. The Kier molecular flexibility index (Phi) is 5.60. The van der Waals surface area contributed by atoms with Crippen molar-refractivity contribution in [3.05, 3.63) is 52.5 Å². The lowest BCUT2D eigenvalue weighted by Gasteiger charge is -2.45.